The zero-order valence-corrected chi connectivity index (χ0v) is 12.7. The maximum atomic E-state index is 5.98. The largest absolute Gasteiger partial charge is 0.382 e. The monoisotopic (exact) mass is 277 g/mol. The Morgan fingerprint density at radius 3 is 2.65 bits per heavy atom. The number of hydrogen-bond acceptors (Lipinski definition) is 5. The van der Waals surface area contributed by atoms with Gasteiger partial charge in [0.05, 0.1) is 18.7 Å². The summed E-state index contributed by atoms with van der Waals surface area (Å²) in [6.07, 6.45) is 0. The molecule has 0 atom stereocenters. The Hall–Kier alpha value is -1.66. The fourth-order valence-corrected chi connectivity index (χ4v) is 2.32. The van der Waals surface area contributed by atoms with E-state index in [-0.39, 0.29) is 0 Å². The predicted octanol–water partition coefficient (Wildman–Crippen LogP) is 1.17. The molecule has 6 heteroatoms. The van der Waals surface area contributed by atoms with Crippen molar-refractivity contribution in [3.8, 4) is 0 Å². The van der Waals surface area contributed by atoms with Crippen molar-refractivity contribution in [1.82, 2.24) is 19.9 Å². The molecule has 2 heterocycles. The van der Waals surface area contributed by atoms with Crippen molar-refractivity contribution in [1.29, 1.82) is 0 Å². The molecule has 2 aromatic rings. The number of imidazole rings is 1. The molecule has 0 unspecified atom stereocenters. The molecule has 0 aromatic carbocycles. The number of aryl methyl sites for hydroxylation is 3. The van der Waals surface area contributed by atoms with Gasteiger partial charge in [-0.25, -0.2) is 9.97 Å². The molecule has 0 saturated heterocycles. The molecule has 6 nitrogen and oxygen atoms in total. The van der Waals surface area contributed by atoms with Gasteiger partial charge in [-0.2, -0.15) is 0 Å². The summed E-state index contributed by atoms with van der Waals surface area (Å²) < 4.78 is 7.76. The molecule has 0 aliphatic carbocycles. The summed E-state index contributed by atoms with van der Waals surface area (Å²) >= 11 is 0. The van der Waals surface area contributed by atoms with Crippen LogP contribution in [0.5, 0.6) is 0 Å². The van der Waals surface area contributed by atoms with Gasteiger partial charge >= 0.3 is 0 Å². The van der Waals surface area contributed by atoms with Crippen LogP contribution in [-0.4, -0.2) is 41.3 Å². The van der Waals surface area contributed by atoms with Gasteiger partial charge in [0.25, 0.3) is 0 Å². The Kier molecular flexibility index (Phi) is 4.57. The van der Waals surface area contributed by atoms with Gasteiger partial charge in [-0.05, 0) is 33.4 Å². The average Bonchev–Trinajstić information content (AvgIpc) is 2.74. The summed E-state index contributed by atoms with van der Waals surface area (Å²) in [6, 6.07) is 0. The minimum atomic E-state index is 0.501. The topological polar surface area (TPSA) is 78.0 Å². The number of ether oxygens (including phenoxy) is 1. The third kappa shape index (κ3) is 2.76. The molecule has 0 amide bonds. The minimum absolute atomic E-state index is 0.501. The van der Waals surface area contributed by atoms with Crippen LogP contribution in [0.15, 0.2) is 0 Å². The molecule has 2 aromatic heterocycles. The van der Waals surface area contributed by atoms with Gasteiger partial charge in [-0.1, -0.05) is 0 Å². The van der Waals surface area contributed by atoms with Gasteiger partial charge in [0, 0.05) is 18.8 Å². The number of nitrogen functional groups attached to an aromatic ring is 1. The quantitative estimate of drug-likeness (QED) is 0.775. The Balaban J connectivity index is 2.26. The first kappa shape index (κ1) is 14.7. The molecular formula is C14H23N5O. The zero-order chi connectivity index (χ0) is 14.7. The number of fused-ring (bicyclic) bond motifs is 1. The molecule has 3 N–H and O–H groups in total. The lowest BCUT2D eigenvalue weighted by Gasteiger charge is -2.10. The first-order valence-corrected chi connectivity index (χ1v) is 6.88. The van der Waals surface area contributed by atoms with Crippen LogP contribution in [0.1, 0.15) is 17.1 Å². The standard InChI is InChI=1S/C14H23N5O/c1-9-10(2)17-14(15)12-13(9)19(11(3)18-12)6-8-20-7-5-16-4/h16H,5-8H2,1-4H3,(H2,15,17). The second-order valence-electron chi connectivity index (χ2n) is 4.93. The smallest absolute Gasteiger partial charge is 0.151 e. The van der Waals surface area contributed by atoms with E-state index in [1.807, 2.05) is 20.9 Å². The summed E-state index contributed by atoms with van der Waals surface area (Å²) in [5.41, 5.74) is 9.92. The number of aromatic nitrogens is 3. The van der Waals surface area contributed by atoms with Crippen LogP contribution in [0.25, 0.3) is 11.0 Å². The van der Waals surface area contributed by atoms with Crippen molar-refractivity contribution in [3.63, 3.8) is 0 Å². The van der Waals surface area contributed by atoms with E-state index in [0.29, 0.717) is 19.0 Å². The van der Waals surface area contributed by atoms with Gasteiger partial charge in [-0.15, -0.1) is 0 Å². The first-order valence-electron chi connectivity index (χ1n) is 6.88. The zero-order valence-electron chi connectivity index (χ0n) is 12.7. The molecule has 0 radical (unpaired) electrons. The molecule has 20 heavy (non-hydrogen) atoms. The van der Waals surface area contributed by atoms with Gasteiger partial charge in [0.15, 0.2) is 5.82 Å². The van der Waals surface area contributed by atoms with E-state index < -0.39 is 0 Å². The Morgan fingerprint density at radius 2 is 1.95 bits per heavy atom. The van der Waals surface area contributed by atoms with Crippen molar-refractivity contribution < 1.29 is 4.74 Å². The maximum Gasteiger partial charge on any atom is 0.151 e. The number of likely N-dealkylation sites (N-methyl/N-ethyl adjacent to an activating group) is 1. The molecule has 0 saturated carbocycles. The van der Waals surface area contributed by atoms with Crippen LogP contribution < -0.4 is 11.1 Å². The van der Waals surface area contributed by atoms with E-state index in [1.54, 1.807) is 0 Å². The molecular weight excluding hydrogens is 254 g/mol. The van der Waals surface area contributed by atoms with E-state index in [0.717, 1.165) is 41.2 Å². The first-order chi connectivity index (χ1) is 9.56. The highest BCUT2D eigenvalue weighted by molar-refractivity contribution is 5.88. The fraction of sp³-hybridized carbons (Fsp3) is 0.571. The lowest BCUT2D eigenvalue weighted by atomic mass is 10.2. The third-order valence-corrected chi connectivity index (χ3v) is 3.54. The Morgan fingerprint density at radius 1 is 1.20 bits per heavy atom. The van der Waals surface area contributed by atoms with Crippen molar-refractivity contribution in [2.45, 2.75) is 27.3 Å². The minimum Gasteiger partial charge on any atom is -0.382 e. The van der Waals surface area contributed by atoms with Crippen LogP contribution in [0.2, 0.25) is 0 Å². The van der Waals surface area contributed by atoms with Crippen LogP contribution in [-0.2, 0) is 11.3 Å². The van der Waals surface area contributed by atoms with Crippen LogP contribution in [0.4, 0.5) is 5.82 Å². The number of rotatable bonds is 6. The number of nitrogens with two attached hydrogens (primary N) is 1. The maximum absolute atomic E-state index is 5.98. The van der Waals surface area contributed by atoms with Crippen LogP contribution in [0.3, 0.4) is 0 Å². The SMILES string of the molecule is CNCCOCCn1c(C)nc2c(N)nc(C)c(C)c21. The predicted molar refractivity (Wildman–Crippen MR) is 80.9 cm³/mol. The number of anilines is 1. The molecule has 0 fully saturated rings. The van der Waals surface area contributed by atoms with Crippen molar-refractivity contribution in [3.05, 3.63) is 17.1 Å². The average molecular weight is 277 g/mol. The Bertz CT molecular complexity index is 605. The van der Waals surface area contributed by atoms with E-state index in [9.17, 15) is 0 Å². The highest BCUT2D eigenvalue weighted by Crippen LogP contribution is 2.25. The summed E-state index contributed by atoms with van der Waals surface area (Å²) in [4.78, 5) is 8.88. The molecule has 0 aliphatic rings. The second kappa shape index (κ2) is 6.19. The highest BCUT2D eigenvalue weighted by atomic mass is 16.5. The molecule has 0 spiro atoms. The summed E-state index contributed by atoms with van der Waals surface area (Å²) in [7, 11) is 1.92. The molecule has 0 bridgehead atoms. The summed E-state index contributed by atoms with van der Waals surface area (Å²) in [5.74, 6) is 1.44. The van der Waals surface area contributed by atoms with Crippen LogP contribution in [0, 0.1) is 20.8 Å². The second-order valence-corrected chi connectivity index (χ2v) is 4.93. The summed E-state index contributed by atoms with van der Waals surface area (Å²) in [6.45, 7) is 9.03. The lowest BCUT2D eigenvalue weighted by Crippen LogP contribution is -2.16. The fourth-order valence-electron chi connectivity index (χ4n) is 2.32. The number of pyridine rings is 1. The Labute approximate surface area is 119 Å². The number of nitrogens with one attached hydrogen (secondary N) is 1. The third-order valence-electron chi connectivity index (χ3n) is 3.54. The van der Waals surface area contributed by atoms with Crippen molar-refractivity contribution in [2.75, 3.05) is 32.5 Å². The van der Waals surface area contributed by atoms with Crippen LogP contribution >= 0.6 is 0 Å². The van der Waals surface area contributed by atoms with Gasteiger partial charge in [0.1, 0.15) is 11.3 Å². The van der Waals surface area contributed by atoms with E-state index in [2.05, 4.69) is 26.8 Å². The van der Waals surface area contributed by atoms with Gasteiger partial charge < -0.3 is 20.4 Å². The van der Waals surface area contributed by atoms with E-state index >= 15 is 0 Å². The van der Waals surface area contributed by atoms with Gasteiger partial charge in [-0.3, -0.25) is 0 Å². The normalized spacial score (nSPS) is 11.4. The summed E-state index contributed by atoms with van der Waals surface area (Å²) in [5, 5.41) is 3.06. The molecule has 2 rings (SSSR count). The van der Waals surface area contributed by atoms with Gasteiger partial charge in [0.2, 0.25) is 0 Å². The van der Waals surface area contributed by atoms with Crippen molar-refractivity contribution >= 4 is 16.9 Å². The number of hydrogen-bond donors (Lipinski definition) is 2. The number of nitrogens with zero attached hydrogens (tertiary/aromatic N) is 3. The van der Waals surface area contributed by atoms with E-state index in [4.69, 9.17) is 10.5 Å². The lowest BCUT2D eigenvalue weighted by molar-refractivity contribution is 0.129. The van der Waals surface area contributed by atoms with E-state index in [1.165, 1.54) is 0 Å². The molecule has 0 aliphatic heterocycles. The van der Waals surface area contributed by atoms with Crippen molar-refractivity contribution in [2.24, 2.45) is 0 Å². The highest BCUT2D eigenvalue weighted by Gasteiger charge is 2.15. The molecule has 110 valence electrons.